The average molecular weight is 267 g/mol. The monoisotopic (exact) mass is 267 g/mol. The Morgan fingerprint density at radius 3 is 2.74 bits per heavy atom. The number of hydrogen-bond acceptors (Lipinski definition) is 3. The lowest BCUT2D eigenvalue weighted by Crippen LogP contribution is -2.23. The number of nitrogens with one attached hydrogen (secondary N) is 1. The van der Waals surface area contributed by atoms with Crippen LogP contribution >= 0.6 is 0 Å². The molecule has 0 fully saturated rings. The molecule has 0 amide bonds. The summed E-state index contributed by atoms with van der Waals surface area (Å²) < 4.78 is 7.42. The second kappa shape index (κ2) is 8.20. The summed E-state index contributed by atoms with van der Waals surface area (Å²) in [5, 5.41) is 3.43. The van der Waals surface area contributed by atoms with Crippen LogP contribution in [-0.2, 0) is 4.74 Å². The molecule has 19 heavy (non-hydrogen) atoms. The highest BCUT2D eigenvalue weighted by atomic mass is 16.5. The highest BCUT2D eigenvalue weighted by Crippen LogP contribution is 2.21. The number of rotatable bonds is 9. The predicted octanol–water partition coefficient (Wildman–Crippen LogP) is 3.78. The van der Waals surface area contributed by atoms with Crippen molar-refractivity contribution in [3.63, 3.8) is 0 Å². The normalized spacial score (nSPS) is 14.4. The van der Waals surface area contributed by atoms with E-state index in [0.717, 1.165) is 11.6 Å². The fourth-order valence-corrected chi connectivity index (χ4v) is 2.30. The van der Waals surface area contributed by atoms with Crippen LogP contribution in [-0.4, -0.2) is 29.3 Å². The van der Waals surface area contributed by atoms with Crippen LogP contribution in [0, 0.1) is 6.92 Å². The zero-order chi connectivity index (χ0) is 14.3. The van der Waals surface area contributed by atoms with E-state index in [-0.39, 0.29) is 6.04 Å². The highest BCUT2D eigenvalue weighted by Gasteiger charge is 2.13. The summed E-state index contributed by atoms with van der Waals surface area (Å²) >= 11 is 0. The van der Waals surface area contributed by atoms with Crippen molar-refractivity contribution in [1.29, 1.82) is 0 Å². The molecule has 0 radical (unpaired) electrons. The van der Waals surface area contributed by atoms with Gasteiger partial charge < -0.3 is 14.6 Å². The van der Waals surface area contributed by atoms with Gasteiger partial charge >= 0.3 is 0 Å². The minimum Gasteiger partial charge on any atom is -0.383 e. The van der Waals surface area contributed by atoms with Crippen LogP contribution in [0.4, 0.5) is 5.95 Å². The molecule has 0 saturated carbocycles. The quantitative estimate of drug-likeness (QED) is 0.692. The van der Waals surface area contributed by atoms with E-state index in [0.29, 0.717) is 12.6 Å². The maximum atomic E-state index is 5.16. The number of methoxy groups -OCH3 is 1. The predicted molar refractivity (Wildman–Crippen MR) is 80.8 cm³/mol. The van der Waals surface area contributed by atoms with Gasteiger partial charge in [0.2, 0.25) is 5.95 Å². The van der Waals surface area contributed by atoms with E-state index in [4.69, 9.17) is 4.74 Å². The zero-order valence-corrected chi connectivity index (χ0v) is 13.1. The number of imidazole rings is 1. The summed E-state index contributed by atoms with van der Waals surface area (Å²) in [6.45, 7) is 9.35. The summed E-state index contributed by atoms with van der Waals surface area (Å²) in [4.78, 5) is 4.58. The molecule has 4 nitrogen and oxygen atoms in total. The van der Waals surface area contributed by atoms with Crippen molar-refractivity contribution in [2.45, 2.75) is 65.5 Å². The van der Waals surface area contributed by atoms with Gasteiger partial charge in [-0.05, 0) is 27.2 Å². The molecule has 110 valence electrons. The van der Waals surface area contributed by atoms with Crippen LogP contribution in [0.25, 0.3) is 0 Å². The lowest BCUT2D eigenvalue weighted by Gasteiger charge is -2.19. The van der Waals surface area contributed by atoms with Crippen molar-refractivity contribution in [3.8, 4) is 0 Å². The minimum absolute atomic E-state index is 0.272. The molecule has 2 atom stereocenters. The third-order valence-corrected chi connectivity index (χ3v) is 3.35. The summed E-state index contributed by atoms with van der Waals surface area (Å²) in [7, 11) is 1.73. The molecule has 0 aliphatic carbocycles. The summed E-state index contributed by atoms with van der Waals surface area (Å²) in [6, 6.07) is 0.762. The molecule has 0 aliphatic heterocycles. The number of hydrogen-bond donors (Lipinski definition) is 1. The molecular formula is C15H29N3O. The minimum atomic E-state index is 0.272. The Morgan fingerprint density at radius 1 is 1.37 bits per heavy atom. The maximum Gasteiger partial charge on any atom is 0.203 e. The Bertz CT molecular complexity index is 362. The Hall–Kier alpha value is -1.03. The molecule has 1 aromatic heterocycles. The van der Waals surface area contributed by atoms with Crippen molar-refractivity contribution < 1.29 is 4.74 Å². The van der Waals surface area contributed by atoms with Crippen molar-refractivity contribution >= 4 is 5.95 Å². The molecule has 1 N–H and O–H groups in total. The summed E-state index contributed by atoms with van der Waals surface area (Å²) in [5.74, 6) is 0.964. The van der Waals surface area contributed by atoms with Crippen LogP contribution in [0.3, 0.4) is 0 Å². The van der Waals surface area contributed by atoms with E-state index in [9.17, 15) is 0 Å². The van der Waals surface area contributed by atoms with Gasteiger partial charge in [-0.1, -0.05) is 26.2 Å². The molecule has 1 rings (SSSR count). The number of nitrogens with zero attached hydrogens (tertiary/aromatic N) is 2. The Balaban J connectivity index is 2.66. The van der Waals surface area contributed by atoms with E-state index >= 15 is 0 Å². The molecule has 0 saturated heterocycles. The van der Waals surface area contributed by atoms with Crippen molar-refractivity contribution in [2.75, 3.05) is 19.0 Å². The first-order valence-electron chi connectivity index (χ1n) is 7.39. The van der Waals surface area contributed by atoms with E-state index < -0.39 is 0 Å². The first-order chi connectivity index (χ1) is 9.08. The fraction of sp³-hybridized carbons (Fsp3) is 0.800. The van der Waals surface area contributed by atoms with Gasteiger partial charge in [0, 0.05) is 25.4 Å². The Kier molecular flexibility index (Phi) is 6.92. The topological polar surface area (TPSA) is 39.1 Å². The van der Waals surface area contributed by atoms with Gasteiger partial charge in [-0.25, -0.2) is 4.98 Å². The summed E-state index contributed by atoms with van der Waals surface area (Å²) in [6.07, 6.45) is 7.20. The molecule has 2 unspecified atom stereocenters. The van der Waals surface area contributed by atoms with Crippen LogP contribution in [0.1, 0.15) is 58.2 Å². The van der Waals surface area contributed by atoms with E-state index in [2.05, 4.69) is 41.8 Å². The standard InChI is InChI=1S/C15H29N3O/c1-6-7-8-9-14(4)18-10-12(2)16-15(18)17-13(3)11-19-5/h10,13-14H,6-9,11H2,1-5H3,(H,16,17). The number of anilines is 1. The van der Waals surface area contributed by atoms with Crippen LogP contribution in [0.15, 0.2) is 6.20 Å². The van der Waals surface area contributed by atoms with Crippen molar-refractivity contribution in [3.05, 3.63) is 11.9 Å². The lowest BCUT2D eigenvalue weighted by molar-refractivity contribution is 0.190. The van der Waals surface area contributed by atoms with Gasteiger partial charge in [0.25, 0.3) is 0 Å². The van der Waals surface area contributed by atoms with E-state index in [1.54, 1.807) is 7.11 Å². The molecular weight excluding hydrogens is 238 g/mol. The second-order valence-corrected chi connectivity index (χ2v) is 5.46. The lowest BCUT2D eigenvalue weighted by atomic mass is 10.1. The molecule has 4 heteroatoms. The average Bonchev–Trinajstić information content (AvgIpc) is 2.70. The molecule has 0 bridgehead atoms. The molecule has 0 aromatic carbocycles. The first-order valence-corrected chi connectivity index (χ1v) is 7.39. The number of aryl methyl sites for hydroxylation is 1. The summed E-state index contributed by atoms with van der Waals surface area (Å²) in [5.41, 5.74) is 1.06. The van der Waals surface area contributed by atoms with Gasteiger partial charge in [-0.3, -0.25) is 0 Å². The van der Waals surface area contributed by atoms with Gasteiger partial charge in [0.15, 0.2) is 0 Å². The highest BCUT2D eigenvalue weighted by molar-refractivity contribution is 5.30. The molecule has 0 aliphatic rings. The largest absolute Gasteiger partial charge is 0.383 e. The van der Waals surface area contributed by atoms with Crippen molar-refractivity contribution in [1.82, 2.24) is 9.55 Å². The zero-order valence-electron chi connectivity index (χ0n) is 13.1. The number of unbranched alkanes of at least 4 members (excludes halogenated alkanes) is 2. The van der Waals surface area contributed by atoms with E-state index in [1.807, 2.05) is 6.92 Å². The van der Waals surface area contributed by atoms with Crippen LogP contribution in [0.5, 0.6) is 0 Å². The molecule has 0 spiro atoms. The van der Waals surface area contributed by atoms with Gasteiger partial charge in [0.1, 0.15) is 0 Å². The third kappa shape index (κ3) is 5.23. The third-order valence-electron chi connectivity index (χ3n) is 3.35. The Morgan fingerprint density at radius 2 is 2.11 bits per heavy atom. The maximum absolute atomic E-state index is 5.16. The second-order valence-electron chi connectivity index (χ2n) is 5.46. The number of aromatic nitrogens is 2. The fourth-order valence-electron chi connectivity index (χ4n) is 2.30. The van der Waals surface area contributed by atoms with Crippen LogP contribution in [0.2, 0.25) is 0 Å². The number of ether oxygens (including phenoxy) is 1. The smallest absolute Gasteiger partial charge is 0.203 e. The first kappa shape index (κ1) is 16.0. The van der Waals surface area contributed by atoms with E-state index in [1.165, 1.54) is 25.7 Å². The molecule has 1 aromatic rings. The van der Waals surface area contributed by atoms with Crippen LogP contribution < -0.4 is 5.32 Å². The van der Waals surface area contributed by atoms with Gasteiger partial charge in [-0.15, -0.1) is 0 Å². The Labute approximate surface area is 117 Å². The SMILES string of the molecule is CCCCCC(C)n1cc(C)nc1NC(C)COC. The molecule has 1 heterocycles. The van der Waals surface area contributed by atoms with Crippen molar-refractivity contribution in [2.24, 2.45) is 0 Å². The van der Waals surface area contributed by atoms with Gasteiger partial charge in [0.05, 0.1) is 12.3 Å². The van der Waals surface area contributed by atoms with Gasteiger partial charge in [-0.2, -0.15) is 0 Å².